The molecule has 1 nitrogen and oxygen atoms in total. The van der Waals surface area contributed by atoms with Crippen molar-refractivity contribution in [1.29, 1.82) is 0 Å². The Labute approximate surface area is 91.7 Å². The van der Waals surface area contributed by atoms with Crippen molar-refractivity contribution in [3.05, 3.63) is 35.4 Å². The second kappa shape index (κ2) is 3.08. The molecule has 1 unspecified atom stereocenters. The van der Waals surface area contributed by atoms with Crippen molar-refractivity contribution >= 4 is 0 Å². The number of nitrogens with two attached hydrogens (primary N) is 1. The average molecular weight is 201 g/mol. The quantitative estimate of drug-likeness (QED) is 0.686. The lowest BCUT2D eigenvalue weighted by atomic mass is 9.67. The Morgan fingerprint density at radius 2 is 2.07 bits per heavy atom. The molecule has 2 aliphatic carbocycles. The molecule has 3 rings (SSSR count). The highest BCUT2D eigenvalue weighted by atomic mass is 14.8. The zero-order chi connectivity index (χ0) is 10.5. The number of rotatable bonds is 0. The van der Waals surface area contributed by atoms with Crippen LogP contribution in [0, 0.1) is 11.8 Å². The van der Waals surface area contributed by atoms with Crippen molar-refractivity contribution in [2.45, 2.75) is 38.1 Å². The van der Waals surface area contributed by atoms with Crippen molar-refractivity contribution in [1.82, 2.24) is 0 Å². The van der Waals surface area contributed by atoms with Gasteiger partial charge in [0.15, 0.2) is 0 Å². The SMILES string of the molecule is CC1CCC[C@@H]2Cc3ccccc3[C@]12N. The lowest BCUT2D eigenvalue weighted by molar-refractivity contribution is 0.139. The minimum Gasteiger partial charge on any atom is -0.321 e. The van der Waals surface area contributed by atoms with E-state index in [0.29, 0.717) is 11.8 Å². The van der Waals surface area contributed by atoms with Crippen LogP contribution in [0.15, 0.2) is 24.3 Å². The summed E-state index contributed by atoms with van der Waals surface area (Å²) in [6.07, 6.45) is 5.17. The Morgan fingerprint density at radius 1 is 1.27 bits per heavy atom. The molecular weight excluding hydrogens is 182 g/mol. The molecule has 0 amide bonds. The second-order valence-corrected chi connectivity index (χ2v) is 5.32. The molecule has 1 saturated carbocycles. The van der Waals surface area contributed by atoms with E-state index in [-0.39, 0.29) is 5.54 Å². The zero-order valence-corrected chi connectivity index (χ0v) is 9.37. The predicted octanol–water partition coefficient (Wildman–Crippen LogP) is 2.83. The van der Waals surface area contributed by atoms with Gasteiger partial charge < -0.3 is 5.73 Å². The summed E-state index contributed by atoms with van der Waals surface area (Å²) in [6, 6.07) is 8.79. The summed E-state index contributed by atoms with van der Waals surface area (Å²) in [7, 11) is 0. The number of hydrogen-bond donors (Lipinski definition) is 1. The van der Waals surface area contributed by atoms with Gasteiger partial charge in [-0.1, -0.05) is 37.6 Å². The van der Waals surface area contributed by atoms with Crippen LogP contribution in [0.4, 0.5) is 0 Å². The Hall–Kier alpha value is -0.820. The molecule has 1 fully saturated rings. The summed E-state index contributed by atoms with van der Waals surface area (Å²) in [5.74, 6) is 1.33. The van der Waals surface area contributed by atoms with E-state index in [2.05, 4.69) is 31.2 Å². The van der Waals surface area contributed by atoms with Crippen molar-refractivity contribution in [3.63, 3.8) is 0 Å². The predicted molar refractivity (Wildman–Crippen MR) is 62.5 cm³/mol. The maximum absolute atomic E-state index is 6.72. The lowest BCUT2D eigenvalue weighted by Gasteiger charge is -2.42. The van der Waals surface area contributed by atoms with Crippen molar-refractivity contribution in [2.75, 3.05) is 0 Å². The van der Waals surface area contributed by atoms with Gasteiger partial charge >= 0.3 is 0 Å². The monoisotopic (exact) mass is 201 g/mol. The van der Waals surface area contributed by atoms with Gasteiger partial charge in [-0.05, 0) is 42.2 Å². The second-order valence-electron chi connectivity index (χ2n) is 5.32. The van der Waals surface area contributed by atoms with Gasteiger partial charge in [-0.15, -0.1) is 0 Å². The molecule has 0 aliphatic heterocycles. The van der Waals surface area contributed by atoms with Gasteiger partial charge in [0, 0.05) is 5.54 Å². The number of hydrogen-bond acceptors (Lipinski definition) is 1. The summed E-state index contributed by atoms with van der Waals surface area (Å²) in [5.41, 5.74) is 9.63. The van der Waals surface area contributed by atoms with Crippen LogP contribution in [0.1, 0.15) is 37.3 Å². The first kappa shape index (κ1) is 9.41. The third-order valence-electron chi connectivity index (χ3n) is 4.63. The van der Waals surface area contributed by atoms with E-state index in [4.69, 9.17) is 5.73 Å². The van der Waals surface area contributed by atoms with E-state index >= 15 is 0 Å². The molecule has 3 atom stereocenters. The van der Waals surface area contributed by atoms with Crippen molar-refractivity contribution in [3.8, 4) is 0 Å². The van der Waals surface area contributed by atoms with E-state index in [1.165, 1.54) is 36.8 Å². The highest BCUT2D eigenvalue weighted by Gasteiger charge is 2.48. The standard InChI is InChI=1S/C14H19N/c1-10-5-4-7-12-9-11-6-2-3-8-13(11)14(10,12)15/h2-3,6,8,10,12H,4-5,7,9,15H2,1H3/t10?,12-,14+/m1/s1. The lowest BCUT2D eigenvalue weighted by Crippen LogP contribution is -2.49. The summed E-state index contributed by atoms with van der Waals surface area (Å²) in [5, 5.41) is 0. The van der Waals surface area contributed by atoms with E-state index in [1.807, 2.05) is 0 Å². The van der Waals surface area contributed by atoms with Crippen LogP contribution in [0.5, 0.6) is 0 Å². The average Bonchev–Trinajstić information content (AvgIpc) is 2.55. The third kappa shape index (κ3) is 1.13. The van der Waals surface area contributed by atoms with Crippen molar-refractivity contribution < 1.29 is 0 Å². The molecule has 1 aromatic carbocycles. The van der Waals surface area contributed by atoms with Gasteiger partial charge in [0.1, 0.15) is 0 Å². The third-order valence-corrected chi connectivity index (χ3v) is 4.63. The Bertz CT molecular complexity index is 385. The van der Waals surface area contributed by atoms with Gasteiger partial charge in [-0.2, -0.15) is 0 Å². The van der Waals surface area contributed by atoms with Crippen LogP contribution in [0.25, 0.3) is 0 Å². The Balaban J connectivity index is 2.13. The largest absolute Gasteiger partial charge is 0.321 e. The number of fused-ring (bicyclic) bond motifs is 3. The summed E-state index contributed by atoms with van der Waals surface area (Å²) in [6.45, 7) is 2.33. The molecular formula is C14H19N. The first-order valence-electron chi connectivity index (χ1n) is 6.10. The van der Waals surface area contributed by atoms with Crippen LogP contribution in [0.2, 0.25) is 0 Å². The van der Waals surface area contributed by atoms with Gasteiger partial charge in [-0.25, -0.2) is 0 Å². The molecule has 0 bridgehead atoms. The first-order valence-corrected chi connectivity index (χ1v) is 6.10. The van der Waals surface area contributed by atoms with Crippen LogP contribution in [-0.2, 0) is 12.0 Å². The Kier molecular flexibility index (Phi) is 1.93. The fourth-order valence-electron chi connectivity index (χ4n) is 3.69. The molecule has 2 aliphatic rings. The van der Waals surface area contributed by atoms with Crippen LogP contribution in [-0.4, -0.2) is 0 Å². The zero-order valence-electron chi connectivity index (χ0n) is 9.37. The van der Waals surface area contributed by atoms with Crippen LogP contribution in [0.3, 0.4) is 0 Å². The van der Waals surface area contributed by atoms with E-state index in [0.717, 1.165) is 0 Å². The highest BCUT2D eigenvalue weighted by Crippen LogP contribution is 2.50. The van der Waals surface area contributed by atoms with Crippen LogP contribution < -0.4 is 5.73 Å². The molecule has 15 heavy (non-hydrogen) atoms. The minimum absolute atomic E-state index is 0.0190. The smallest absolute Gasteiger partial charge is 0.0470 e. The fourth-order valence-corrected chi connectivity index (χ4v) is 3.69. The summed E-state index contributed by atoms with van der Waals surface area (Å²) < 4.78 is 0. The molecule has 1 aromatic rings. The normalized spacial score (nSPS) is 38.5. The van der Waals surface area contributed by atoms with Gasteiger partial charge in [0.05, 0.1) is 0 Å². The van der Waals surface area contributed by atoms with Gasteiger partial charge in [0.25, 0.3) is 0 Å². The van der Waals surface area contributed by atoms with E-state index in [9.17, 15) is 0 Å². The van der Waals surface area contributed by atoms with Crippen LogP contribution >= 0.6 is 0 Å². The summed E-state index contributed by atoms with van der Waals surface area (Å²) in [4.78, 5) is 0. The van der Waals surface area contributed by atoms with Gasteiger partial charge in [0.2, 0.25) is 0 Å². The fraction of sp³-hybridized carbons (Fsp3) is 0.571. The molecule has 1 heteroatoms. The molecule has 0 radical (unpaired) electrons. The maximum atomic E-state index is 6.72. The molecule has 0 spiro atoms. The number of benzene rings is 1. The topological polar surface area (TPSA) is 26.0 Å². The molecule has 0 aromatic heterocycles. The molecule has 2 N–H and O–H groups in total. The minimum atomic E-state index is -0.0190. The van der Waals surface area contributed by atoms with E-state index < -0.39 is 0 Å². The Morgan fingerprint density at radius 3 is 2.93 bits per heavy atom. The van der Waals surface area contributed by atoms with E-state index in [1.54, 1.807) is 0 Å². The summed E-state index contributed by atoms with van der Waals surface area (Å²) >= 11 is 0. The van der Waals surface area contributed by atoms with Crippen molar-refractivity contribution in [2.24, 2.45) is 17.6 Å². The first-order chi connectivity index (χ1) is 7.23. The highest BCUT2D eigenvalue weighted by molar-refractivity contribution is 5.41. The maximum Gasteiger partial charge on any atom is 0.0470 e. The molecule has 0 heterocycles. The van der Waals surface area contributed by atoms with Gasteiger partial charge in [-0.3, -0.25) is 0 Å². The molecule has 80 valence electrons. The molecule has 0 saturated heterocycles.